The van der Waals surface area contributed by atoms with E-state index in [2.05, 4.69) is 16.0 Å². The van der Waals surface area contributed by atoms with Crippen LogP contribution in [0, 0.1) is 0 Å². The van der Waals surface area contributed by atoms with E-state index in [4.69, 9.17) is 17.3 Å². The van der Waals surface area contributed by atoms with Gasteiger partial charge in [0.1, 0.15) is 5.03 Å². The SMILES string of the molecule is NCc1ccnc(Sc2nc3ccccc3s2)c1Cl. The van der Waals surface area contributed by atoms with Crippen LogP contribution in [0.25, 0.3) is 10.2 Å². The molecular formula is C13H10ClN3S2. The van der Waals surface area contributed by atoms with E-state index in [1.54, 1.807) is 17.5 Å². The first-order chi connectivity index (χ1) is 9.28. The Morgan fingerprint density at radius 2 is 2.11 bits per heavy atom. The fourth-order valence-corrected chi connectivity index (χ4v) is 3.99. The standard InChI is InChI=1S/C13H10ClN3S2/c14-11-8(7-15)5-6-16-12(11)19-13-17-9-3-1-2-4-10(9)18-13/h1-6H,7,15H2. The predicted octanol–water partition coefficient (Wildman–Crippen LogP) is 3.95. The van der Waals surface area contributed by atoms with Crippen molar-refractivity contribution >= 4 is 44.9 Å². The molecule has 0 aliphatic heterocycles. The number of thiazole rings is 1. The van der Waals surface area contributed by atoms with Crippen molar-refractivity contribution in [3.63, 3.8) is 0 Å². The normalized spacial score (nSPS) is 11.1. The first-order valence-corrected chi connectivity index (χ1v) is 7.66. The van der Waals surface area contributed by atoms with Gasteiger partial charge in [0.25, 0.3) is 0 Å². The number of pyridine rings is 1. The predicted molar refractivity (Wildman–Crippen MR) is 80.9 cm³/mol. The molecule has 0 radical (unpaired) electrons. The van der Waals surface area contributed by atoms with Gasteiger partial charge in [-0.05, 0) is 35.5 Å². The molecule has 3 aromatic rings. The van der Waals surface area contributed by atoms with Gasteiger partial charge < -0.3 is 5.73 Å². The van der Waals surface area contributed by atoms with E-state index in [1.807, 2.05) is 24.3 Å². The Kier molecular flexibility index (Phi) is 3.70. The zero-order valence-corrected chi connectivity index (χ0v) is 12.2. The van der Waals surface area contributed by atoms with Crippen LogP contribution in [0.2, 0.25) is 5.02 Å². The monoisotopic (exact) mass is 307 g/mol. The second-order valence-corrected chi connectivity index (χ2v) is 6.49. The van der Waals surface area contributed by atoms with Gasteiger partial charge in [0.15, 0.2) is 4.34 Å². The van der Waals surface area contributed by atoms with Crippen molar-refractivity contribution in [3.8, 4) is 0 Å². The van der Waals surface area contributed by atoms with E-state index in [9.17, 15) is 0 Å². The van der Waals surface area contributed by atoms with Crippen molar-refractivity contribution in [2.45, 2.75) is 15.9 Å². The molecule has 0 aliphatic carbocycles. The number of hydrogen-bond donors (Lipinski definition) is 1. The summed E-state index contributed by atoms with van der Waals surface area (Å²) in [5.41, 5.74) is 7.54. The number of aromatic nitrogens is 2. The van der Waals surface area contributed by atoms with Gasteiger partial charge in [-0.25, -0.2) is 9.97 Å². The first kappa shape index (κ1) is 12.9. The summed E-state index contributed by atoms with van der Waals surface area (Å²) in [6, 6.07) is 9.89. The fraction of sp³-hybridized carbons (Fsp3) is 0.0769. The molecule has 96 valence electrons. The van der Waals surface area contributed by atoms with Crippen molar-refractivity contribution in [1.29, 1.82) is 0 Å². The van der Waals surface area contributed by atoms with Crippen LogP contribution in [-0.2, 0) is 6.54 Å². The molecule has 0 amide bonds. The molecule has 0 unspecified atom stereocenters. The van der Waals surface area contributed by atoms with Gasteiger partial charge in [0.05, 0.1) is 15.2 Å². The van der Waals surface area contributed by atoms with Crippen molar-refractivity contribution < 1.29 is 0 Å². The number of halogens is 1. The summed E-state index contributed by atoms with van der Waals surface area (Å²) >= 11 is 9.39. The van der Waals surface area contributed by atoms with Crippen LogP contribution in [0.15, 0.2) is 45.9 Å². The van der Waals surface area contributed by atoms with E-state index >= 15 is 0 Å². The number of nitrogens with zero attached hydrogens (tertiary/aromatic N) is 2. The van der Waals surface area contributed by atoms with Gasteiger partial charge in [-0.2, -0.15) is 0 Å². The van der Waals surface area contributed by atoms with E-state index in [0.717, 1.165) is 25.1 Å². The van der Waals surface area contributed by atoms with Crippen LogP contribution in [0.4, 0.5) is 0 Å². The van der Waals surface area contributed by atoms with Crippen molar-refractivity contribution in [1.82, 2.24) is 9.97 Å². The van der Waals surface area contributed by atoms with E-state index < -0.39 is 0 Å². The number of rotatable bonds is 3. The minimum atomic E-state index is 0.411. The third kappa shape index (κ3) is 2.60. The van der Waals surface area contributed by atoms with Crippen LogP contribution in [0.1, 0.15) is 5.56 Å². The van der Waals surface area contributed by atoms with E-state index in [1.165, 1.54) is 11.8 Å². The van der Waals surface area contributed by atoms with E-state index in [0.29, 0.717) is 11.6 Å². The lowest BCUT2D eigenvalue weighted by atomic mass is 10.3. The molecule has 0 saturated heterocycles. The minimum absolute atomic E-state index is 0.411. The molecule has 3 nitrogen and oxygen atoms in total. The minimum Gasteiger partial charge on any atom is -0.326 e. The molecule has 3 rings (SSSR count). The smallest absolute Gasteiger partial charge is 0.157 e. The summed E-state index contributed by atoms with van der Waals surface area (Å²) < 4.78 is 2.10. The second kappa shape index (κ2) is 5.46. The van der Waals surface area contributed by atoms with Gasteiger partial charge in [-0.1, -0.05) is 23.7 Å². The van der Waals surface area contributed by atoms with Crippen molar-refractivity contribution in [2.24, 2.45) is 5.73 Å². The Morgan fingerprint density at radius 3 is 2.89 bits per heavy atom. The Bertz CT molecular complexity index is 694. The third-order valence-electron chi connectivity index (χ3n) is 2.62. The van der Waals surface area contributed by atoms with Crippen LogP contribution in [0.5, 0.6) is 0 Å². The maximum atomic E-state index is 6.27. The number of fused-ring (bicyclic) bond motifs is 1. The molecule has 0 fully saturated rings. The molecule has 2 heterocycles. The number of benzene rings is 1. The van der Waals surface area contributed by atoms with Crippen LogP contribution in [0.3, 0.4) is 0 Å². The average molecular weight is 308 g/mol. The number of hydrogen-bond acceptors (Lipinski definition) is 5. The largest absolute Gasteiger partial charge is 0.326 e. The Labute approximate surface area is 123 Å². The van der Waals surface area contributed by atoms with Crippen LogP contribution in [-0.4, -0.2) is 9.97 Å². The fourth-order valence-electron chi connectivity index (χ4n) is 1.67. The summed E-state index contributed by atoms with van der Waals surface area (Å²) in [5.74, 6) is 0. The third-order valence-corrected chi connectivity index (χ3v) is 5.25. The Morgan fingerprint density at radius 1 is 1.26 bits per heavy atom. The van der Waals surface area contributed by atoms with Gasteiger partial charge in [-0.3, -0.25) is 0 Å². The van der Waals surface area contributed by atoms with Crippen molar-refractivity contribution in [3.05, 3.63) is 47.1 Å². The highest BCUT2D eigenvalue weighted by atomic mass is 35.5. The number of para-hydroxylation sites is 1. The highest BCUT2D eigenvalue weighted by Crippen LogP contribution is 2.37. The highest BCUT2D eigenvalue weighted by molar-refractivity contribution is 8.01. The van der Waals surface area contributed by atoms with Gasteiger partial charge in [0.2, 0.25) is 0 Å². The van der Waals surface area contributed by atoms with Crippen LogP contribution >= 0.6 is 34.7 Å². The zero-order chi connectivity index (χ0) is 13.2. The molecule has 2 aromatic heterocycles. The number of nitrogens with two attached hydrogens (primary N) is 1. The summed E-state index contributed by atoms with van der Waals surface area (Å²) in [6.45, 7) is 0.411. The molecule has 1 aromatic carbocycles. The summed E-state index contributed by atoms with van der Waals surface area (Å²) in [6.07, 6.45) is 1.73. The quantitative estimate of drug-likeness (QED) is 0.796. The van der Waals surface area contributed by atoms with Gasteiger partial charge in [-0.15, -0.1) is 11.3 Å². The summed E-state index contributed by atoms with van der Waals surface area (Å²) in [4.78, 5) is 8.85. The maximum absolute atomic E-state index is 6.27. The molecule has 6 heteroatoms. The summed E-state index contributed by atoms with van der Waals surface area (Å²) in [7, 11) is 0. The molecule has 19 heavy (non-hydrogen) atoms. The molecule has 0 atom stereocenters. The van der Waals surface area contributed by atoms with Gasteiger partial charge in [0, 0.05) is 12.7 Å². The Hall–Kier alpha value is -1.14. The topological polar surface area (TPSA) is 51.8 Å². The lowest BCUT2D eigenvalue weighted by Crippen LogP contribution is -1.98. The molecule has 2 N–H and O–H groups in total. The van der Waals surface area contributed by atoms with Gasteiger partial charge >= 0.3 is 0 Å². The van der Waals surface area contributed by atoms with E-state index in [-0.39, 0.29) is 0 Å². The Balaban J connectivity index is 1.96. The van der Waals surface area contributed by atoms with Crippen LogP contribution < -0.4 is 5.73 Å². The highest BCUT2D eigenvalue weighted by Gasteiger charge is 2.11. The summed E-state index contributed by atoms with van der Waals surface area (Å²) in [5, 5.41) is 1.37. The molecule has 0 saturated carbocycles. The molecule has 0 aliphatic rings. The lowest BCUT2D eigenvalue weighted by molar-refractivity contribution is 1.02. The lowest BCUT2D eigenvalue weighted by Gasteiger charge is -2.04. The molecular weight excluding hydrogens is 298 g/mol. The zero-order valence-electron chi connectivity index (χ0n) is 9.84. The molecule has 0 spiro atoms. The van der Waals surface area contributed by atoms with Crippen molar-refractivity contribution in [2.75, 3.05) is 0 Å². The second-order valence-electron chi connectivity index (χ2n) is 3.84. The first-order valence-electron chi connectivity index (χ1n) is 5.65. The molecule has 0 bridgehead atoms. The average Bonchev–Trinajstić information content (AvgIpc) is 2.83. The maximum Gasteiger partial charge on any atom is 0.157 e.